The maximum atomic E-state index is 12.1. The molecule has 0 spiro atoms. The summed E-state index contributed by atoms with van der Waals surface area (Å²) in [4.78, 5) is 18.2. The van der Waals surface area contributed by atoms with Gasteiger partial charge in [-0.3, -0.25) is 0 Å². The Morgan fingerprint density at radius 3 is 2.76 bits per heavy atom. The van der Waals surface area contributed by atoms with Gasteiger partial charge in [0.25, 0.3) is 0 Å². The van der Waals surface area contributed by atoms with Gasteiger partial charge in [-0.25, -0.2) is 14.5 Å². The van der Waals surface area contributed by atoms with Gasteiger partial charge in [0, 0.05) is 26.8 Å². The van der Waals surface area contributed by atoms with Crippen molar-refractivity contribution in [1.82, 2.24) is 20.1 Å². The van der Waals surface area contributed by atoms with Crippen LogP contribution in [0.15, 0.2) is 61.1 Å². The van der Waals surface area contributed by atoms with E-state index in [1.807, 2.05) is 61.5 Å². The minimum Gasteiger partial charge on any atom is -0.363 e. The number of urea groups is 1. The highest BCUT2D eigenvalue weighted by Crippen LogP contribution is 2.12. The Bertz CT molecular complexity index is 844. The van der Waals surface area contributed by atoms with Gasteiger partial charge in [0.1, 0.15) is 5.82 Å². The van der Waals surface area contributed by atoms with Gasteiger partial charge in [-0.15, -0.1) is 0 Å². The van der Waals surface area contributed by atoms with E-state index in [0.29, 0.717) is 12.2 Å². The molecule has 0 radical (unpaired) electrons. The summed E-state index contributed by atoms with van der Waals surface area (Å²) in [5, 5.41) is 9.86. The van der Waals surface area contributed by atoms with Crippen molar-refractivity contribution in [3.63, 3.8) is 0 Å². The molecule has 7 nitrogen and oxygen atoms in total. The topological polar surface area (TPSA) is 75.1 Å². The van der Waals surface area contributed by atoms with Crippen LogP contribution in [-0.2, 0) is 6.54 Å². The number of para-hydroxylation sites is 1. The highest BCUT2D eigenvalue weighted by atomic mass is 16.2. The SMILES string of the molecule is CN(C)c1cc(CNC(=O)Nc2cnn(-c3ccccc3)c2)ccn1. The zero-order chi connectivity index (χ0) is 17.6. The summed E-state index contributed by atoms with van der Waals surface area (Å²) in [7, 11) is 3.85. The smallest absolute Gasteiger partial charge is 0.319 e. The van der Waals surface area contributed by atoms with Crippen LogP contribution in [0.2, 0.25) is 0 Å². The number of pyridine rings is 1. The van der Waals surface area contributed by atoms with Crippen molar-refractivity contribution in [2.45, 2.75) is 6.54 Å². The zero-order valence-corrected chi connectivity index (χ0v) is 14.2. The molecule has 2 amide bonds. The molecular weight excluding hydrogens is 316 g/mol. The van der Waals surface area contributed by atoms with Gasteiger partial charge in [0.05, 0.1) is 23.8 Å². The largest absolute Gasteiger partial charge is 0.363 e. The number of rotatable bonds is 5. The third-order valence-corrected chi connectivity index (χ3v) is 3.58. The van der Waals surface area contributed by atoms with Crippen LogP contribution in [0.5, 0.6) is 0 Å². The molecule has 25 heavy (non-hydrogen) atoms. The summed E-state index contributed by atoms with van der Waals surface area (Å²) in [6.07, 6.45) is 5.11. The van der Waals surface area contributed by atoms with Gasteiger partial charge in [-0.05, 0) is 29.8 Å². The van der Waals surface area contributed by atoms with E-state index in [1.54, 1.807) is 23.3 Å². The lowest BCUT2D eigenvalue weighted by Gasteiger charge is -2.12. The quantitative estimate of drug-likeness (QED) is 0.751. The number of hydrogen-bond acceptors (Lipinski definition) is 4. The Balaban J connectivity index is 1.56. The monoisotopic (exact) mass is 336 g/mol. The number of nitrogens with one attached hydrogen (secondary N) is 2. The van der Waals surface area contributed by atoms with Gasteiger partial charge in [0.15, 0.2) is 0 Å². The Morgan fingerprint density at radius 2 is 2.00 bits per heavy atom. The summed E-state index contributed by atoms with van der Waals surface area (Å²) in [5.74, 6) is 0.851. The second kappa shape index (κ2) is 7.48. The van der Waals surface area contributed by atoms with Gasteiger partial charge >= 0.3 is 6.03 Å². The van der Waals surface area contributed by atoms with E-state index >= 15 is 0 Å². The van der Waals surface area contributed by atoms with E-state index in [-0.39, 0.29) is 6.03 Å². The molecule has 0 unspecified atom stereocenters. The van der Waals surface area contributed by atoms with Crippen molar-refractivity contribution >= 4 is 17.5 Å². The van der Waals surface area contributed by atoms with E-state index < -0.39 is 0 Å². The first-order chi connectivity index (χ1) is 12.1. The van der Waals surface area contributed by atoms with Crippen LogP contribution in [0, 0.1) is 0 Å². The molecule has 7 heteroatoms. The van der Waals surface area contributed by atoms with Crippen LogP contribution >= 0.6 is 0 Å². The zero-order valence-electron chi connectivity index (χ0n) is 14.2. The fourth-order valence-corrected chi connectivity index (χ4v) is 2.28. The first kappa shape index (κ1) is 16.5. The lowest BCUT2D eigenvalue weighted by atomic mass is 10.2. The number of nitrogens with zero attached hydrogens (tertiary/aromatic N) is 4. The Labute approximate surface area is 146 Å². The number of aromatic nitrogens is 3. The molecule has 1 aromatic carbocycles. The van der Waals surface area contributed by atoms with Gasteiger partial charge in [-0.1, -0.05) is 18.2 Å². The van der Waals surface area contributed by atoms with Crippen LogP contribution in [0.3, 0.4) is 0 Å². The van der Waals surface area contributed by atoms with Crippen molar-refractivity contribution in [2.24, 2.45) is 0 Å². The number of hydrogen-bond donors (Lipinski definition) is 2. The Kier molecular flexibility index (Phi) is 4.94. The number of amides is 2. The molecule has 3 aromatic rings. The summed E-state index contributed by atoms with van der Waals surface area (Å²) in [6.45, 7) is 0.419. The highest BCUT2D eigenvalue weighted by molar-refractivity contribution is 5.88. The summed E-state index contributed by atoms with van der Waals surface area (Å²) >= 11 is 0. The van der Waals surface area contributed by atoms with E-state index in [4.69, 9.17) is 0 Å². The second-order valence-electron chi connectivity index (χ2n) is 5.73. The molecule has 0 bridgehead atoms. The molecule has 2 N–H and O–H groups in total. The predicted molar refractivity (Wildman–Crippen MR) is 98.0 cm³/mol. The fourth-order valence-electron chi connectivity index (χ4n) is 2.28. The normalized spacial score (nSPS) is 10.3. The number of anilines is 2. The predicted octanol–water partition coefficient (Wildman–Crippen LogP) is 2.66. The van der Waals surface area contributed by atoms with Crippen LogP contribution in [0.4, 0.5) is 16.3 Å². The molecule has 0 aliphatic carbocycles. The number of carbonyl (C=O) groups excluding carboxylic acids is 1. The van der Waals surface area contributed by atoms with E-state index in [0.717, 1.165) is 17.1 Å². The highest BCUT2D eigenvalue weighted by Gasteiger charge is 2.06. The maximum absolute atomic E-state index is 12.1. The molecule has 2 heterocycles. The molecule has 0 saturated heterocycles. The van der Waals surface area contributed by atoms with Crippen molar-refractivity contribution in [3.8, 4) is 5.69 Å². The first-order valence-corrected chi connectivity index (χ1v) is 7.89. The average Bonchev–Trinajstić information content (AvgIpc) is 3.09. The lowest BCUT2D eigenvalue weighted by Crippen LogP contribution is -2.28. The second-order valence-corrected chi connectivity index (χ2v) is 5.73. The third-order valence-electron chi connectivity index (χ3n) is 3.58. The van der Waals surface area contributed by atoms with E-state index in [1.165, 1.54) is 0 Å². The fraction of sp³-hybridized carbons (Fsp3) is 0.167. The maximum Gasteiger partial charge on any atom is 0.319 e. The molecule has 3 rings (SSSR count). The number of benzene rings is 1. The standard InChI is InChI=1S/C18H20N6O/c1-23(2)17-10-14(8-9-19-17)11-20-18(25)22-15-12-21-24(13-15)16-6-4-3-5-7-16/h3-10,12-13H,11H2,1-2H3,(H2,20,22,25). The average molecular weight is 336 g/mol. The van der Waals surface area contributed by atoms with E-state index in [2.05, 4.69) is 20.7 Å². The summed E-state index contributed by atoms with van der Waals surface area (Å²) in [6, 6.07) is 13.2. The molecule has 0 saturated carbocycles. The van der Waals surface area contributed by atoms with E-state index in [9.17, 15) is 4.79 Å². The Hall–Kier alpha value is -3.35. The third kappa shape index (κ3) is 4.35. The van der Waals surface area contributed by atoms with Gasteiger partial charge < -0.3 is 15.5 Å². The van der Waals surface area contributed by atoms with Crippen LogP contribution in [-0.4, -0.2) is 34.9 Å². The first-order valence-electron chi connectivity index (χ1n) is 7.89. The minimum absolute atomic E-state index is 0.282. The minimum atomic E-state index is -0.282. The molecule has 0 aliphatic rings. The number of carbonyl (C=O) groups is 1. The molecule has 128 valence electrons. The summed E-state index contributed by atoms with van der Waals surface area (Å²) in [5.41, 5.74) is 2.54. The lowest BCUT2D eigenvalue weighted by molar-refractivity contribution is 0.251. The molecule has 0 aliphatic heterocycles. The molecular formula is C18H20N6O. The Morgan fingerprint density at radius 1 is 1.20 bits per heavy atom. The van der Waals surface area contributed by atoms with Crippen LogP contribution in [0.1, 0.15) is 5.56 Å². The molecule has 2 aromatic heterocycles. The van der Waals surface area contributed by atoms with Gasteiger partial charge in [0.2, 0.25) is 0 Å². The van der Waals surface area contributed by atoms with Crippen molar-refractivity contribution < 1.29 is 4.79 Å². The molecule has 0 atom stereocenters. The van der Waals surface area contributed by atoms with Crippen molar-refractivity contribution in [2.75, 3.05) is 24.3 Å². The summed E-state index contributed by atoms with van der Waals surface area (Å²) < 4.78 is 1.71. The van der Waals surface area contributed by atoms with Crippen LogP contribution in [0.25, 0.3) is 5.69 Å². The van der Waals surface area contributed by atoms with Crippen LogP contribution < -0.4 is 15.5 Å². The van der Waals surface area contributed by atoms with Crippen molar-refractivity contribution in [1.29, 1.82) is 0 Å². The van der Waals surface area contributed by atoms with Gasteiger partial charge in [-0.2, -0.15) is 5.10 Å². The molecule has 0 fully saturated rings. The van der Waals surface area contributed by atoms with Crippen molar-refractivity contribution in [3.05, 3.63) is 66.6 Å².